The first-order chi connectivity index (χ1) is 10.1. The Morgan fingerprint density at radius 2 is 2.10 bits per heavy atom. The highest BCUT2D eigenvalue weighted by Crippen LogP contribution is 2.30. The van der Waals surface area contributed by atoms with Crippen LogP contribution in [-0.2, 0) is 13.6 Å². The Labute approximate surface area is 130 Å². The van der Waals surface area contributed by atoms with Gasteiger partial charge in [-0.05, 0) is 19.4 Å². The summed E-state index contributed by atoms with van der Waals surface area (Å²) in [6.45, 7) is 2.43. The topological polar surface area (TPSA) is 41.3 Å². The third-order valence-corrected chi connectivity index (χ3v) is 4.45. The van der Waals surface area contributed by atoms with Crippen molar-refractivity contribution < 1.29 is 5.11 Å². The summed E-state index contributed by atoms with van der Waals surface area (Å²) < 4.78 is 1.72. The molecule has 0 radical (unpaired) electrons. The molecule has 2 aromatic rings. The van der Waals surface area contributed by atoms with Crippen LogP contribution >= 0.6 is 11.6 Å². The summed E-state index contributed by atoms with van der Waals surface area (Å²) in [4.78, 5) is 2.25. The number of halogens is 1. The number of aliphatic hydroxyl groups excluding tert-OH is 1. The molecule has 0 aliphatic carbocycles. The highest BCUT2D eigenvalue weighted by atomic mass is 35.5. The molecule has 0 spiro atoms. The van der Waals surface area contributed by atoms with Gasteiger partial charge in [-0.2, -0.15) is 5.10 Å². The molecule has 4 nitrogen and oxygen atoms in total. The number of rotatable bonds is 3. The molecule has 1 atom stereocenters. The second-order valence-corrected chi connectivity index (χ2v) is 6.00. The van der Waals surface area contributed by atoms with E-state index in [-0.39, 0.29) is 6.10 Å². The van der Waals surface area contributed by atoms with Crippen molar-refractivity contribution >= 4 is 11.6 Å². The maximum Gasteiger partial charge on any atom is 0.131 e. The van der Waals surface area contributed by atoms with E-state index in [4.69, 9.17) is 11.6 Å². The van der Waals surface area contributed by atoms with Crippen molar-refractivity contribution in [2.24, 2.45) is 7.05 Å². The summed E-state index contributed by atoms with van der Waals surface area (Å²) in [6, 6.07) is 10.1. The number of benzene rings is 1. The van der Waals surface area contributed by atoms with Crippen LogP contribution in [0.4, 0.5) is 0 Å². The lowest BCUT2D eigenvalue weighted by atomic mass is 10.1. The molecule has 1 aliphatic rings. The molecule has 1 aliphatic heterocycles. The SMILES string of the molecule is Cn1nc(-c2ccccc2)c(CN2CCCC(O)C2)c1Cl. The number of hydrogen-bond acceptors (Lipinski definition) is 3. The molecule has 1 fully saturated rings. The molecule has 0 saturated carbocycles. The quantitative estimate of drug-likeness (QED) is 0.948. The molecule has 112 valence electrons. The van der Waals surface area contributed by atoms with Gasteiger partial charge < -0.3 is 5.11 Å². The van der Waals surface area contributed by atoms with Crippen molar-refractivity contribution in [2.45, 2.75) is 25.5 Å². The Bertz CT molecular complexity index is 611. The summed E-state index contributed by atoms with van der Waals surface area (Å²) >= 11 is 6.43. The third kappa shape index (κ3) is 3.12. The Morgan fingerprint density at radius 3 is 2.81 bits per heavy atom. The van der Waals surface area contributed by atoms with Gasteiger partial charge >= 0.3 is 0 Å². The number of hydrogen-bond donors (Lipinski definition) is 1. The molecule has 3 rings (SSSR count). The molecule has 1 saturated heterocycles. The molecule has 1 aromatic heterocycles. The summed E-state index contributed by atoms with van der Waals surface area (Å²) in [5, 5.41) is 15.1. The smallest absolute Gasteiger partial charge is 0.131 e. The van der Waals surface area contributed by atoms with Crippen LogP contribution < -0.4 is 0 Å². The standard InChI is InChI=1S/C16H20ClN3O/c1-19-16(17)14(11-20-9-5-8-13(21)10-20)15(18-19)12-6-3-2-4-7-12/h2-4,6-7,13,21H,5,8-11H2,1H3. The van der Waals surface area contributed by atoms with Crippen LogP contribution in [0.25, 0.3) is 11.3 Å². The second kappa shape index (κ2) is 6.18. The van der Waals surface area contributed by atoms with Crippen molar-refractivity contribution in [3.63, 3.8) is 0 Å². The monoisotopic (exact) mass is 305 g/mol. The second-order valence-electron chi connectivity index (χ2n) is 5.64. The molecule has 2 heterocycles. The zero-order valence-corrected chi connectivity index (χ0v) is 12.9. The van der Waals surface area contributed by atoms with Gasteiger partial charge in [-0.25, -0.2) is 0 Å². The van der Waals surface area contributed by atoms with Gasteiger partial charge in [0.05, 0.1) is 11.8 Å². The average Bonchev–Trinajstić information content (AvgIpc) is 2.77. The van der Waals surface area contributed by atoms with E-state index in [1.165, 1.54) is 0 Å². The van der Waals surface area contributed by atoms with Crippen molar-refractivity contribution in [2.75, 3.05) is 13.1 Å². The molecular formula is C16H20ClN3O. The van der Waals surface area contributed by atoms with Gasteiger partial charge in [0.25, 0.3) is 0 Å². The minimum absolute atomic E-state index is 0.227. The van der Waals surface area contributed by atoms with Gasteiger partial charge in [0.15, 0.2) is 0 Å². The van der Waals surface area contributed by atoms with Crippen LogP contribution in [0.1, 0.15) is 18.4 Å². The molecular weight excluding hydrogens is 286 g/mol. The van der Waals surface area contributed by atoms with Gasteiger partial charge in [0, 0.05) is 31.3 Å². The summed E-state index contributed by atoms with van der Waals surface area (Å²) in [7, 11) is 1.86. The number of piperidine rings is 1. The van der Waals surface area contributed by atoms with Crippen molar-refractivity contribution in [1.29, 1.82) is 0 Å². The zero-order chi connectivity index (χ0) is 14.8. The lowest BCUT2D eigenvalue weighted by molar-refractivity contribution is 0.0669. The summed E-state index contributed by atoms with van der Waals surface area (Å²) in [5.41, 5.74) is 3.05. The first kappa shape index (κ1) is 14.6. The van der Waals surface area contributed by atoms with Gasteiger partial charge in [-0.1, -0.05) is 41.9 Å². The Kier molecular flexibility index (Phi) is 4.29. The minimum Gasteiger partial charge on any atom is -0.392 e. The van der Waals surface area contributed by atoms with Gasteiger partial charge in [0.1, 0.15) is 5.15 Å². The van der Waals surface area contributed by atoms with Crippen molar-refractivity contribution in [3.05, 3.63) is 41.0 Å². The lowest BCUT2D eigenvalue weighted by Crippen LogP contribution is -2.37. The predicted molar refractivity (Wildman–Crippen MR) is 84.2 cm³/mol. The molecule has 0 amide bonds. The molecule has 1 aromatic carbocycles. The molecule has 1 N–H and O–H groups in total. The van der Waals surface area contributed by atoms with Crippen LogP contribution in [0, 0.1) is 0 Å². The fourth-order valence-corrected chi connectivity index (χ4v) is 3.10. The zero-order valence-electron chi connectivity index (χ0n) is 12.2. The lowest BCUT2D eigenvalue weighted by Gasteiger charge is -2.29. The number of β-amino-alcohol motifs (C(OH)–C–C–N with tert-alkyl or cyclic N) is 1. The number of aliphatic hydroxyl groups is 1. The van der Waals surface area contributed by atoms with E-state index in [9.17, 15) is 5.11 Å². The van der Waals surface area contributed by atoms with Crippen LogP contribution in [0.15, 0.2) is 30.3 Å². The number of aryl methyl sites for hydroxylation is 1. The summed E-state index contributed by atoms with van der Waals surface area (Å²) in [6.07, 6.45) is 1.69. The van der Waals surface area contributed by atoms with E-state index in [0.717, 1.165) is 42.8 Å². The molecule has 1 unspecified atom stereocenters. The Morgan fingerprint density at radius 1 is 1.33 bits per heavy atom. The van der Waals surface area contributed by atoms with Crippen molar-refractivity contribution in [1.82, 2.24) is 14.7 Å². The van der Waals surface area contributed by atoms with Crippen molar-refractivity contribution in [3.8, 4) is 11.3 Å². The first-order valence-corrected chi connectivity index (χ1v) is 7.70. The number of aromatic nitrogens is 2. The van der Waals surface area contributed by atoms with Gasteiger partial charge in [-0.3, -0.25) is 9.58 Å². The van der Waals surface area contributed by atoms with E-state index < -0.39 is 0 Å². The fraction of sp³-hybridized carbons (Fsp3) is 0.438. The fourth-order valence-electron chi connectivity index (χ4n) is 2.91. The average molecular weight is 306 g/mol. The minimum atomic E-state index is -0.227. The highest BCUT2D eigenvalue weighted by Gasteiger charge is 2.22. The van der Waals surface area contributed by atoms with Crippen LogP contribution in [0.3, 0.4) is 0 Å². The number of likely N-dealkylation sites (tertiary alicyclic amines) is 1. The number of nitrogens with zero attached hydrogens (tertiary/aromatic N) is 3. The maximum absolute atomic E-state index is 9.82. The largest absolute Gasteiger partial charge is 0.392 e. The Balaban J connectivity index is 1.90. The van der Waals surface area contributed by atoms with E-state index in [1.807, 2.05) is 37.4 Å². The normalized spacial score (nSPS) is 19.9. The predicted octanol–water partition coefficient (Wildman–Crippen LogP) is 2.70. The van der Waals surface area contributed by atoms with Crippen LogP contribution in [-0.4, -0.2) is 39.0 Å². The maximum atomic E-state index is 9.82. The van der Waals surface area contributed by atoms with E-state index >= 15 is 0 Å². The first-order valence-electron chi connectivity index (χ1n) is 7.32. The molecule has 21 heavy (non-hydrogen) atoms. The van der Waals surface area contributed by atoms with E-state index in [2.05, 4.69) is 10.00 Å². The molecule has 0 bridgehead atoms. The van der Waals surface area contributed by atoms with E-state index in [0.29, 0.717) is 11.7 Å². The Hall–Kier alpha value is -1.36. The van der Waals surface area contributed by atoms with Gasteiger partial charge in [-0.15, -0.1) is 0 Å². The van der Waals surface area contributed by atoms with Crippen LogP contribution in [0.5, 0.6) is 0 Å². The highest BCUT2D eigenvalue weighted by molar-refractivity contribution is 6.30. The van der Waals surface area contributed by atoms with Gasteiger partial charge in [0.2, 0.25) is 0 Å². The third-order valence-electron chi connectivity index (χ3n) is 3.98. The molecule has 5 heteroatoms. The summed E-state index contributed by atoms with van der Waals surface area (Å²) in [5.74, 6) is 0. The van der Waals surface area contributed by atoms with Crippen LogP contribution in [0.2, 0.25) is 5.15 Å². The van der Waals surface area contributed by atoms with E-state index in [1.54, 1.807) is 4.68 Å².